The second-order valence-corrected chi connectivity index (χ2v) is 10.3. The van der Waals surface area contributed by atoms with Crippen LogP contribution in [0.1, 0.15) is 33.6 Å². The van der Waals surface area contributed by atoms with Crippen molar-refractivity contribution in [2.24, 2.45) is 5.50 Å². The molecule has 3 unspecified atom stereocenters. The molecular weight excluding hydrogens is 445 g/mol. The van der Waals surface area contributed by atoms with Gasteiger partial charge < -0.3 is 0 Å². The van der Waals surface area contributed by atoms with Crippen molar-refractivity contribution in [3.05, 3.63) is 12.3 Å². The number of imide groups is 1. The number of nitrogens with zero attached hydrogens (tertiary/aromatic N) is 2. The molecule has 1 aliphatic rings. The van der Waals surface area contributed by atoms with E-state index in [9.17, 15) is 14.4 Å². The van der Waals surface area contributed by atoms with Crippen molar-refractivity contribution in [2.75, 3.05) is 27.4 Å². The van der Waals surface area contributed by atoms with E-state index < -0.39 is 25.7 Å². The normalized spacial score (nSPS) is 20.5. The van der Waals surface area contributed by atoms with Gasteiger partial charge in [0.1, 0.15) is 0 Å². The molecule has 0 bridgehead atoms. The topological polar surface area (TPSA) is 154 Å². The van der Waals surface area contributed by atoms with Crippen LogP contribution in [0.25, 0.3) is 0 Å². The second-order valence-electron chi connectivity index (χ2n) is 7.65. The summed E-state index contributed by atoms with van der Waals surface area (Å²) >= 11 is 0. The van der Waals surface area contributed by atoms with Crippen molar-refractivity contribution < 1.29 is 38.2 Å². The minimum absolute atomic E-state index is 0.128. The van der Waals surface area contributed by atoms with E-state index in [1.807, 2.05) is 5.32 Å². The summed E-state index contributed by atoms with van der Waals surface area (Å²) in [6.07, 6.45) is 3.74. The maximum atomic E-state index is 12.0. The van der Waals surface area contributed by atoms with Crippen LogP contribution in [-0.2, 0) is 38.2 Å². The van der Waals surface area contributed by atoms with Gasteiger partial charge in [0.25, 0.3) is 0 Å². The zero-order chi connectivity index (χ0) is 24.3. The molecule has 0 spiro atoms. The first-order valence-corrected chi connectivity index (χ1v) is 12.7. The van der Waals surface area contributed by atoms with Crippen molar-refractivity contribution in [1.82, 2.24) is 20.7 Å². The van der Waals surface area contributed by atoms with Crippen molar-refractivity contribution >= 4 is 26.1 Å². The van der Waals surface area contributed by atoms with Crippen LogP contribution in [0, 0.1) is 0 Å². The average Bonchev–Trinajstić information content (AvgIpc) is 3.17. The SMILES string of the molecule is CON(OCC1CCC(N(C)/C=C\C(=O)NC=O)O1)O[PH](C)(N)NC(C)C(=O)OC(C)C. The number of hydrogen-bond acceptors (Lipinski definition) is 12. The summed E-state index contributed by atoms with van der Waals surface area (Å²) in [4.78, 5) is 45.8. The van der Waals surface area contributed by atoms with Crippen LogP contribution in [0.3, 0.4) is 0 Å². The number of ether oxygens (including phenoxy) is 2. The van der Waals surface area contributed by atoms with Gasteiger partial charge in [-0.05, 0) is 0 Å². The molecule has 0 aromatic heterocycles. The van der Waals surface area contributed by atoms with E-state index in [-0.39, 0.29) is 25.0 Å². The molecule has 1 heterocycles. The summed E-state index contributed by atoms with van der Waals surface area (Å²) in [5.74, 6) is -0.961. The molecule has 3 atom stereocenters. The number of esters is 1. The van der Waals surface area contributed by atoms with E-state index >= 15 is 0 Å². The average molecular weight is 481 g/mol. The van der Waals surface area contributed by atoms with Crippen LogP contribution in [0.5, 0.6) is 0 Å². The first kappa shape index (κ1) is 28.3. The van der Waals surface area contributed by atoms with Gasteiger partial charge in [0.05, 0.1) is 0 Å². The zero-order valence-electron chi connectivity index (χ0n) is 19.4. The first-order valence-electron chi connectivity index (χ1n) is 10.2. The fraction of sp³-hybridized carbons (Fsp3) is 0.722. The summed E-state index contributed by atoms with van der Waals surface area (Å²) in [7, 11) is 0.00850. The molecule has 186 valence electrons. The molecular formula is C18H36N5O8P. The molecule has 4 N–H and O–H groups in total. The number of carbonyl (C=O) groups excluding carboxylic acids is 3. The number of nitrogens with two attached hydrogens (primary N) is 1. The van der Waals surface area contributed by atoms with E-state index in [0.717, 1.165) is 5.39 Å². The number of hydrogen-bond donors (Lipinski definition) is 3. The van der Waals surface area contributed by atoms with E-state index in [1.165, 1.54) is 19.4 Å². The Bertz CT molecular complexity index is 651. The monoisotopic (exact) mass is 481 g/mol. The van der Waals surface area contributed by atoms with Gasteiger partial charge in [0.2, 0.25) is 6.41 Å². The van der Waals surface area contributed by atoms with Crippen LogP contribution in [0.2, 0.25) is 0 Å². The third-order valence-electron chi connectivity index (χ3n) is 4.19. The van der Waals surface area contributed by atoms with Crippen molar-refractivity contribution in [1.29, 1.82) is 0 Å². The quantitative estimate of drug-likeness (QED) is 0.100. The van der Waals surface area contributed by atoms with Crippen LogP contribution >= 0.6 is 7.79 Å². The van der Waals surface area contributed by atoms with Gasteiger partial charge in [0, 0.05) is 0 Å². The first-order chi connectivity index (χ1) is 15.0. The van der Waals surface area contributed by atoms with Crippen LogP contribution < -0.4 is 15.9 Å². The molecule has 1 fully saturated rings. The predicted octanol–water partition coefficient (Wildman–Crippen LogP) is -0.0507. The molecule has 1 aliphatic heterocycles. The minimum atomic E-state index is -3.10. The summed E-state index contributed by atoms with van der Waals surface area (Å²) in [5, 5.41) is 5.74. The Balaban J connectivity index is 2.47. The molecule has 0 radical (unpaired) electrons. The van der Waals surface area contributed by atoms with Crippen LogP contribution in [0.4, 0.5) is 0 Å². The molecule has 2 amide bonds. The Kier molecular flexibility index (Phi) is 12.2. The summed E-state index contributed by atoms with van der Waals surface area (Å²) in [6, 6.07) is -0.672. The van der Waals surface area contributed by atoms with Gasteiger partial charge in [-0.1, -0.05) is 0 Å². The third-order valence-corrected chi connectivity index (χ3v) is 5.72. The Morgan fingerprint density at radius 2 is 2.00 bits per heavy atom. The third kappa shape index (κ3) is 10.7. The van der Waals surface area contributed by atoms with Gasteiger partial charge >= 0.3 is 177 Å². The zero-order valence-corrected chi connectivity index (χ0v) is 20.4. The summed E-state index contributed by atoms with van der Waals surface area (Å²) < 4.78 is 16.6. The van der Waals surface area contributed by atoms with Crippen molar-refractivity contribution in [2.45, 2.75) is 58.1 Å². The molecule has 0 saturated carbocycles. The number of nitrogens with one attached hydrogen (secondary N) is 2. The van der Waals surface area contributed by atoms with Gasteiger partial charge in [-0.3, -0.25) is 4.79 Å². The van der Waals surface area contributed by atoms with Gasteiger partial charge in [-0.25, -0.2) is 0 Å². The van der Waals surface area contributed by atoms with Gasteiger partial charge in [0.15, 0.2) is 0 Å². The number of amides is 2. The molecule has 0 aliphatic carbocycles. The summed E-state index contributed by atoms with van der Waals surface area (Å²) in [6.45, 7) is 6.91. The van der Waals surface area contributed by atoms with Gasteiger partial charge in [-0.2, -0.15) is 0 Å². The van der Waals surface area contributed by atoms with Gasteiger partial charge in [-0.15, -0.1) is 0 Å². The molecule has 32 heavy (non-hydrogen) atoms. The molecule has 1 rings (SSSR count). The Labute approximate surface area is 188 Å². The number of carbonyl (C=O) groups is 3. The van der Waals surface area contributed by atoms with Crippen molar-refractivity contribution in [3.8, 4) is 0 Å². The predicted molar refractivity (Wildman–Crippen MR) is 117 cm³/mol. The van der Waals surface area contributed by atoms with E-state index in [2.05, 4.69) is 5.09 Å². The standard InChI is InChI=1S/C18H36N5O8P/c1-13(2)29-18(26)14(3)21-32(6,19)31-23(27-5)28-11-15-7-8-17(30-15)22(4)10-9-16(25)20-12-24/h9-10,12-15,17,21,32H,7-8,11,19H2,1-6H3,(H,20,24,25)/b10-9-. The molecule has 0 aromatic carbocycles. The molecule has 14 heteroatoms. The number of rotatable bonds is 14. The maximum absolute atomic E-state index is 12.0. The molecule has 0 aromatic rings. The Morgan fingerprint density at radius 3 is 2.59 bits per heavy atom. The second kappa shape index (κ2) is 13.8. The van der Waals surface area contributed by atoms with E-state index in [4.69, 9.17) is 29.3 Å². The molecule has 13 nitrogen and oxygen atoms in total. The fourth-order valence-electron chi connectivity index (χ4n) is 2.76. The Hall–Kier alpha value is -1.70. The summed E-state index contributed by atoms with van der Waals surface area (Å²) in [5.41, 5.74) is 6.18. The van der Waals surface area contributed by atoms with Crippen LogP contribution in [0.15, 0.2) is 12.3 Å². The Morgan fingerprint density at radius 1 is 1.31 bits per heavy atom. The van der Waals surface area contributed by atoms with Crippen molar-refractivity contribution in [3.63, 3.8) is 0 Å². The van der Waals surface area contributed by atoms with E-state index in [1.54, 1.807) is 39.4 Å². The molecule has 1 saturated heterocycles. The fourth-order valence-corrected chi connectivity index (χ4v) is 4.23. The van der Waals surface area contributed by atoms with Crippen LogP contribution in [-0.4, -0.2) is 80.5 Å². The van der Waals surface area contributed by atoms with E-state index in [0.29, 0.717) is 19.3 Å².